The van der Waals surface area contributed by atoms with Gasteiger partial charge in [0.15, 0.2) is 6.10 Å². The van der Waals surface area contributed by atoms with Crippen LogP contribution in [0.5, 0.6) is 5.75 Å². The van der Waals surface area contributed by atoms with E-state index in [0.717, 1.165) is 25.2 Å². The number of amides is 1. The molecule has 1 aromatic heterocycles. The van der Waals surface area contributed by atoms with Gasteiger partial charge in [0, 0.05) is 12.6 Å². The zero-order chi connectivity index (χ0) is 15.0. The second-order valence-corrected chi connectivity index (χ2v) is 4.84. The number of carbonyl (C=O) groups excluding carboxylic acids is 1. The van der Waals surface area contributed by atoms with Gasteiger partial charge in [0.05, 0.1) is 11.9 Å². The van der Waals surface area contributed by atoms with Crippen LogP contribution in [0, 0.1) is 0 Å². The average Bonchev–Trinajstić information content (AvgIpc) is 2.46. The Bertz CT molecular complexity index is 406. The minimum atomic E-state index is -0.523. The van der Waals surface area contributed by atoms with Gasteiger partial charge in [-0.3, -0.25) is 9.78 Å². The largest absolute Gasteiger partial charge is 0.479 e. The third-order valence-corrected chi connectivity index (χ3v) is 3.04. The van der Waals surface area contributed by atoms with Crippen molar-refractivity contribution in [2.45, 2.75) is 52.8 Å². The number of carbonyl (C=O) groups is 1. The predicted octanol–water partition coefficient (Wildman–Crippen LogP) is 1.87. The molecule has 2 unspecified atom stereocenters. The highest BCUT2D eigenvalue weighted by Gasteiger charge is 2.16. The summed E-state index contributed by atoms with van der Waals surface area (Å²) in [6.07, 6.45) is 2.03. The van der Waals surface area contributed by atoms with Crippen LogP contribution in [-0.2, 0) is 11.3 Å². The first-order valence-corrected chi connectivity index (χ1v) is 7.19. The SMILES string of the molecule is CCNCc1ccc(OC(C)C(=O)NC(C)CC)cn1. The first kappa shape index (κ1) is 16.4. The van der Waals surface area contributed by atoms with Gasteiger partial charge in [-0.25, -0.2) is 0 Å². The van der Waals surface area contributed by atoms with E-state index in [1.54, 1.807) is 13.1 Å². The molecule has 0 radical (unpaired) electrons. The maximum atomic E-state index is 11.9. The van der Waals surface area contributed by atoms with Crippen LogP contribution in [0.1, 0.15) is 39.8 Å². The number of pyridine rings is 1. The summed E-state index contributed by atoms with van der Waals surface area (Å²) in [6.45, 7) is 9.44. The Morgan fingerprint density at radius 2 is 2.10 bits per heavy atom. The maximum absolute atomic E-state index is 11.9. The Labute approximate surface area is 121 Å². The Balaban J connectivity index is 2.49. The molecule has 0 aliphatic rings. The molecule has 20 heavy (non-hydrogen) atoms. The third-order valence-electron chi connectivity index (χ3n) is 3.04. The summed E-state index contributed by atoms with van der Waals surface area (Å²) < 4.78 is 5.59. The van der Waals surface area contributed by atoms with E-state index in [-0.39, 0.29) is 11.9 Å². The fourth-order valence-corrected chi connectivity index (χ4v) is 1.56. The molecule has 5 nitrogen and oxygen atoms in total. The van der Waals surface area contributed by atoms with E-state index in [1.165, 1.54) is 0 Å². The zero-order valence-electron chi connectivity index (χ0n) is 12.8. The predicted molar refractivity (Wildman–Crippen MR) is 79.6 cm³/mol. The third kappa shape index (κ3) is 5.57. The van der Waals surface area contributed by atoms with Crippen molar-refractivity contribution in [3.63, 3.8) is 0 Å². The number of nitrogens with zero attached hydrogens (tertiary/aromatic N) is 1. The van der Waals surface area contributed by atoms with Crippen LogP contribution >= 0.6 is 0 Å². The van der Waals surface area contributed by atoms with Crippen LogP contribution < -0.4 is 15.4 Å². The highest BCUT2D eigenvalue weighted by molar-refractivity contribution is 5.80. The van der Waals surface area contributed by atoms with Crippen LogP contribution in [0.15, 0.2) is 18.3 Å². The van der Waals surface area contributed by atoms with Gasteiger partial charge in [0.2, 0.25) is 0 Å². The Morgan fingerprint density at radius 3 is 2.65 bits per heavy atom. The minimum absolute atomic E-state index is 0.101. The maximum Gasteiger partial charge on any atom is 0.260 e. The molecular weight excluding hydrogens is 254 g/mol. The second-order valence-electron chi connectivity index (χ2n) is 4.84. The van der Waals surface area contributed by atoms with Gasteiger partial charge in [-0.1, -0.05) is 13.8 Å². The van der Waals surface area contributed by atoms with Gasteiger partial charge in [-0.05, 0) is 38.9 Å². The van der Waals surface area contributed by atoms with Crippen LogP contribution in [0.3, 0.4) is 0 Å². The molecule has 2 N–H and O–H groups in total. The molecule has 0 saturated carbocycles. The molecule has 1 amide bonds. The van der Waals surface area contributed by atoms with E-state index >= 15 is 0 Å². The number of rotatable bonds is 8. The van der Waals surface area contributed by atoms with Crippen molar-refractivity contribution in [2.24, 2.45) is 0 Å². The summed E-state index contributed by atoms with van der Waals surface area (Å²) in [5, 5.41) is 6.10. The lowest BCUT2D eigenvalue weighted by molar-refractivity contribution is -0.127. The molecule has 0 aliphatic heterocycles. The van der Waals surface area contributed by atoms with Gasteiger partial charge in [-0.2, -0.15) is 0 Å². The molecule has 1 heterocycles. The Kier molecular flexibility index (Phi) is 7.01. The van der Waals surface area contributed by atoms with Crippen molar-refractivity contribution in [1.29, 1.82) is 0 Å². The molecule has 0 aliphatic carbocycles. The molecule has 2 atom stereocenters. The van der Waals surface area contributed by atoms with E-state index < -0.39 is 6.10 Å². The van der Waals surface area contributed by atoms with Gasteiger partial charge < -0.3 is 15.4 Å². The summed E-state index contributed by atoms with van der Waals surface area (Å²) in [6, 6.07) is 3.90. The van der Waals surface area contributed by atoms with Crippen LogP contribution in [0.4, 0.5) is 0 Å². The van der Waals surface area contributed by atoms with Crippen molar-refractivity contribution in [1.82, 2.24) is 15.6 Å². The molecule has 112 valence electrons. The fourth-order valence-electron chi connectivity index (χ4n) is 1.56. The van der Waals surface area contributed by atoms with E-state index in [9.17, 15) is 4.79 Å². The lowest BCUT2D eigenvalue weighted by atomic mass is 10.2. The molecule has 0 aromatic carbocycles. The van der Waals surface area contributed by atoms with Gasteiger partial charge in [0.1, 0.15) is 5.75 Å². The molecular formula is C15H25N3O2. The Morgan fingerprint density at radius 1 is 1.35 bits per heavy atom. The van der Waals surface area contributed by atoms with Gasteiger partial charge in [0.25, 0.3) is 5.91 Å². The Hall–Kier alpha value is -1.62. The lowest BCUT2D eigenvalue weighted by Gasteiger charge is -2.17. The number of nitrogens with one attached hydrogen (secondary N) is 2. The van der Waals surface area contributed by atoms with Crippen molar-refractivity contribution in [3.05, 3.63) is 24.0 Å². The first-order chi connectivity index (χ1) is 9.56. The van der Waals surface area contributed by atoms with Crippen LogP contribution in [-0.4, -0.2) is 29.6 Å². The number of ether oxygens (including phenoxy) is 1. The van der Waals surface area contributed by atoms with Crippen molar-refractivity contribution in [2.75, 3.05) is 6.54 Å². The topological polar surface area (TPSA) is 63.2 Å². The quantitative estimate of drug-likeness (QED) is 0.762. The average molecular weight is 279 g/mol. The molecule has 0 spiro atoms. The molecule has 0 saturated heterocycles. The van der Waals surface area contributed by atoms with Gasteiger partial charge >= 0.3 is 0 Å². The molecule has 5 heteroatoms. The fraction of sp³-hybridized carbons (Fsp3) is 0.600. The second kappa shape index (κ2) is 8.53. The highest BCUT2D eigenvalue weighted by Crippen LogP contribution is 2.11. The van der Waals surface area contributed by atoms with E-state index in [1.807, 2.05) is 26.0 Å². The van der Waals surface area contributed by atoms with Crippen molar-refractivity contribution < 1.29 is 9.53 Å². The molecule has 1 rings (SSSR count). The minimum Gasteiger partial charge on any atom is -0.479 e. The zero-order valence-corrected chi connectivity index (χ0v) is 12.8. The summed E-state index contributed by atoms with van der Waals surface area (Å²) in [5.74, 6) is 0.508. The highest BCUT2D eigenvalue weighted by atomic mass is 16.5. The van der Waals surface area contributed by atoms with E-state index in [0.29, 0.717) is 5.75 Å². The van der Waals surface area contributed by atoms with Crippen LogP contribution in [0.25, 0.3) is 0 Å². The van der Waals surface area contributed by atoms with Gasteiger partial charge in [-0.15, -0.1) is 0 Å². The smallest absolute Gasteiger partial charge is 0.260 e. The normalized spacial score (nSPS) is 13.6. The van der Waals surface area contributed by atoms with Crippen molar-refractivity contribution in [3.8, 4) is 5.75 Å². The number of hydrogen-bond acceptors (Lipinski definition) is 4. The first-order valence-electron chi connectivity index (χ1n) is 7.19. The molecule has 1 aromatic rings. The van der Waals surface area contributed by atoms with E-state index in [2.05, 4.69) is 22.5 Å². The molecule has 0 bridgehead atoms. The van der Waals surface area contributed by atoms with Crippen molar-refractivity contribution >= 4 is 5.91 Å². The lowest BCUT2D eigenvalue weighted by Crippen LogP contribution is -2.41. The monoisotopic (exact) mass is 279 g/mol. The summed E-state index contributed by atoms with van der Waals surface area (Å²) >= 11 is 0. The van der Waals surface area contributed by atoms with Crippen LogP contribution in [0.2, 0.25) is 0 Å². The summed E-state index contributed by atoms with van der Waals surface area (Å²) in [4.78, 5) is 16.1. The summed E-state index contributed by atoms with van der Waals surface area (Å²) in [5.41, 5.74) is 0.955. The number of aromatic nitrogens is 1. The number of hydrogen-bond donors (Lipinski definition) is 2. The van der Waals surface area contributed by atoms with E-state index in [4.69, 9.17) is 4.74 Å². The standard InChI is InChI=1S/C15H25N3O2/c1-5-11(3)18-15(19)12(4)20-14-8-7-13(17-10-14)9-16-6-2/h7-8,10-12,16H,5-6,9H2,1-4H3,(H,18,19). The molecule has 0 fully saturated rings. The summed E-state index contributed by atoms with van der Waals surface area (Å²) in [7, 11) is 0.